The highest BCUT2D eigenvalue weighted by Gasteiger charge is 2.21. The number of amides is 1. The molecule has 2 aliphatic rings. The van der Waals surface area contributed by atoms with Gasteiger partial charge < -0.3 is 10.2 Å². The molecule has 2 rings (SSSR count). The van der Waals surface area contributed by atoms with Crippen LogP contribution in [-0.4, -0.2) is 37.0 Å². The van der Waals surface area contributed by atoms with Crippen molar-refractivity contribution in [1.82, 2.24) is 10.2 Å². The van der Waals surface area contributed by atoms with Gasteiger partial charge in [-0.2, -0.15) is 0 Å². The fourth-order valence-corrected chi connectivity index (χ4v) is 2.62. The first-order valence-electron chi connectivity index (χ1n) is 6.35. The number of carbonyl (C=O) groups is 1. The highest BCUT2D eigenvalue weighted by Crippen LogP contribution is 2.16. The Hall–Kier alpha value is -0.570. The molecule has 2 saturated heterocycles. The minimum atomic E-state index is 0.387. The molecule has 0 aromatic rings. The van der Waals surface area contributed by atoms with Crippen molar-refractivity contribution in [2.75, 3.05) is 26.2 Å². The average Bonchev–Trinajstić information content (AvgIpc) is 2.46. The predicted molar refractivity (Wildman–Crippen MR) is 60.6 cm³/mol. The highest BCUT2D eigenvalue weighted by molar-refractivity contribution is 5.76. The molecule has 1 N–H and O–H groups in total. The molecule has 86 valence electrons. The van der Waals surface area contributed by atoms with Crippen molar-refractivity contribution in [1.29, 1.82) is 0 Å². The van der Waals surface area contributed by atoms with E-state index in [9.17, 15) is 4.79 Å². The zero-order chi connectivity index (χ0) is 10.5. The van der Waals surface area contributed by atoms with Crippen molar-refractivity contribution >= 4 is 5.91 Å². The number of piperidine rings is 1. The van der Waals surface area contributed by atoms with E-state index in [-0.39, 0.29) is 0 Å². The Balaban J connectivity index is 1.82. The summed E-state index contributed by atoms with van der Waals surface area (Å²) in [4.78, 5) is 13.9. The van der Waals surface area contributed by atoms with Crippen LogP contribution in [0.4, 0.5) is 0 Å². The average molecular weight is 210 g/mol. The van der Waals surface area contributed by atoms with Crippen LogP contribution in [0, 0.1) is 5.92 Å². The Morgan fingerprint density at radius 1 is 1.27 bits per heavy atom. The van der Waals surface area contributed by atoms with Crippen molar-refractivity contribution < 1.29 is 4.79 Å². The first-order valence-corrected chi connectivity index (χ1v) is 6.35. The summed E-state index contributed by atoms with van der Waals surface area (Å²) in [5.41, 5.74) is 0. The molecule has 1 amide bonds. The van der Waals surface area contributed by atoms with Gasteiger partial charge in [-0.3, -0.25) is 4.79 Å². The lowest BCUT2D eigenvalue weighted by molar-refractivity contribution is -0.131. The highest BCUT2D eigenvalue weighted by atomic mass is 16.2. The van der Waals surface area contributed by atoms with E-state index in [1.807, 2.05) is 0 Å². The van der Waals surface area contributed by atoms with Gasteiger partial charge in [-0.25, -0.2) is 0 Å². The van der Waals surface area contributed by atoms with E-state index < -0.39 is 0 Å². The van der Waals surface area contributed by atoms with Crippen molar-refractivity contribution in [2.45, 2.75) is 38.5 Å². The third kappa shape index (κ3) is 3.20. The number of nitrogens with one attached hydrogen (secondary N) is 1. The Labute approximate surface area is 92.2 Å². The molecule has 0 aliphatic carbocycles. The second-order valence-corrected chi connectivity index (χ2v) is 4.86. The summed E-state index contributed by atoms with van der Waals surface area (Å²) < 4.78 is 0. The lowest BCUT2D eigenvalue weighted by Gasteiger charge is -2.29. The summed E-state index contributed by atoms with van der Waals surface area (Å²) >= 11 is 0. The van der Waals surface area contributed by atoms with E-state index in [4.69, 9.17) is 0 Å². The molecule has 15 heavy (non-hydrogen) atoms. The van der Waals surface area contributed by atoms with Gasteiger partial charge in [0.25, 0.3) is 0 Å². The van der Waals surface area contributed by atoms with Crippen molar-refractivity contribution in [2.24, 2.45) is 5.92 Å². The van der Waals surface area contributed by atoms with Gasteiger partial charge in [-0.1, -0.05) is 6.42 Å². The van der Waals surface area contributed by atoms with Crippen LogP contribution in [0.15, 0.2) is 0 Å². The standard InChI is InChI=1S/C12H22N2O/c15-12-6-2-1-3-8-14(12)10-11-5-4-7-13-9-11/h11,13H,1-10H2. The maximum absolute atomic E-state index is 11.8. The van der Waals surface area contributed by atoms with Gasteiger partial charge in [0.15, 0.2) is 0 Å². The summed E-state index contributed by atoms with van der Waals surface area (Å²) in [5, 5.41) is 3.42. The van der Waals surface area contributed by atoms with Gasteiger partial charge in [-0.15, -0.1) is 0 Å². The van der Waals surface area contributed by atoms with Crippen LogP contribution in [0.3, 0.4) is 0 Å². The third-order valence-electron chi connectivity index (χ3n) is 3.55. The number of rotatable bonds is 2. The molecule has 0 bridgehead atoms. The van der Waals surface area contributed by atoms with Crippen LogP contribution < -0.4 is 5.32 Å². The van der Waals surface area contributed by atoms with Crippen LogP contribution >= 0.6 is 0 Å². The minimum Gasteiger partial charge on any atom is -0.342 e. The normalized spacial score (nSPS) is 28.9. The number of nitrogens with zero attached hydrogens (tertiary/aromatic N) is 1. The molecule has 2 fully saturated rings. The SMILES string of the molecule is O=C1CCCCCN1CC1CCCNC1. The quantitative estimate of drug-likeness (QED) is 0.747. The molecule has 0 aromatic carbocycles. The van der Waals surface area contributed by atoms with Gasteiger partial charge in [0.1, 0.15) is 0 Å². The zero-order valence-electron chi connectivity index (χ0n) is 9.50. The van der Waals surface area contributed by atoms with Gasteiger partial charge in [-0.05, 0) is 44.7 Å². The van der Waals surface area contributed by atoms with Crippen molar-refractivity contribution in [3.05, 3.63) is 0 Å². The van der Waals surface area contributed by atoms with Crippen LogP contribution in [-0.2, 0) is 4.79 Å². The summed E-state index contributed by atoms with van der Waals surface area (Å²) in [7, 11) is 0. The maximum Gasteiger partial charge on any atom is 0.222 e. The van der Waals surface area contributed by atoms with E-state index in [0.717, 1.165) is 39.0 Å². The lowest BCUT2D eigenvalue weighted by atomic mass is 9.99. The molecule has 1 atom stereocenters. The second-order valence-electron chi connectivity index (χ2n) is 4.86. The molecule has 0 saturated carbocycles. The van der Waals surface area contributed by atoms with Crippen LogP contribution in [0.2, 0.25) is 0 Å². The van der Waals surface area contributed by atoms with Crippen LogP contribution in [0.1, 0.15) is 38.5 Å². The topological polar surface area (TPSA) is 32.3 Å². The molecule has 0 spiro atoms. The maximum atomic E-state index is 11.8. The van der Waals surface area contributed by atoms with Gasteiger partial charge >= 0.3 is 0 Å². The van der Waals surface area contributed by atoms with Crippen molar-refractivity contribution in [3.8, 4) is 0 Å². The van der Waals surface area contributed by atoms with E-state index in [2.05, 4.69) is 10.2 Å². The smallest absolute Gasteiger partial charge is 0.222 e. The zero-order valence-corrected chi connectivity index (χ0v) is 9.50. The Morgan fingerprint density at radius 3 is 3.00 bits per heavy atom. The number of hydrogen-bond acceptors (Lipinski definition) is 2. The monoisotopic (exact) mass is 210 g/mol. The first-order chi connectivity index (χ1) is 7.36. The van der Waals surface area contributed by atoms with Crippen molar-refractivity contribution in [3.63, 3.8) is 0 Å². The molecular weight excluding hydrogens is 188 g/mol. The molecule has 3 nitrogen and oxygen atoms in total. The molecule has 2 heterocycles. The molecular formula is C12H22N2O. The van der Waals surface area contributed by atoms with E-state index in [1.54, 1.807) is 0 Å². The van der Waals surface area contributed by atoms with Gasteiger partial charge in [0.2, 0.25) is 5.91 Å². The molecule has 0 aromatic heterocycles. The molecule has 2 aliphatic heterocycles. The van der Waals surface area contributed by atoms with Crippen LogP contribution in [0.25, 0.3) is 0 Å². The third-order valence-corrected chi connectivity index (χ3v) is 3.55. The fourth-order valence-electron chi connectivity index (χ4n) is 2.62. The summed E-state index contributed by atoms with van der Waals surface area (Å²) in [5.74, 6) is 1.08. The van der Waals surface area contributed by atoms with Crippen LogP contribution in [0.5, 0.6) is 0 Å². The number of hydrogen-bond donors (Lipinski definition) is 1. The molecule has 3 heteroatoms. The van der Waals surface area contributed by atoms with E-state index in [1.165, 1.54) is 25.7 Å². The van der Waals surface area contributed by atoms with Gasteiger partial charge in [0, 0.05) is 19.5 Å². The Morgan fingerprint density at radius 2 is 2.20 bits per heavy atom. The Bertz CT molecular complexity index is 212. The minimum absolute atomic E-state index is 0.387. The summed E-state index contributed by atoms with van der Waals surface area (Å²) in [6.07, 6.45) is 6.86. The van der Waals surface area contributed by atoms with E-state index in [0.29, 0.717) is 11.8 Å². The first kappa shape index (κ1) is 10.9. The number of likely N-dealkylation sites (tertiary alicyclic amines) is 1. The summed E-state index contributed by atoms with van der Waals surface area (Å²) in [6.45, 7) is 4.25. The molecule has 0 radical (unpaired) electrons. The summed E-state index contributed by atoms with van der Waals surface area (Å²) in [6, 6.07) is 0. The fraction of sp³-hybridized carbons (Fsp3) is 0.917. The largest absolute Gasteiger partial charge is 0.342 e. The molecule has 1 unspecified atom stereocenters. The second kappa shape index (κ2) is 5.50. The van der Waals surface area contributed by atoms with Gasteiger partial charge in [0.05, 0.1) is 0 Å². The predicted octanol–water partition coefficient (Wildman–Crippen LogP) is 1.39. The number of carbonyl (C=O) groups excluding carboxylic acids is 1. The Kier molecular flexibility index (Phi) is 4.01. The van der Waals surface area contributed by atoms with E-state index >= 15 is 0 Å². The lowest BCUT2D eigenvalue weighted by Crippen LogP contribution is -2.40.